The monoisotopic (exact) mass is 133 g/mol. The van der Waals surface area contributed by atoms with Gasteiger partial charge in [-0.25, -0.2) is 0 Å². The highest BCUT2D eigenvalue weighted by Crippen LogP contribution is 1.78. The van der Waals surface area contributed by atoms with Crippen molar-refractivity contribution >= 4 is 0 Å². The zero-order valence-electron chi connectivity index (χ0n) is 4.52. The number of nitro groups is 2. The Labute approximate surface area is 50.8 Å². The highest BCUT2D eigenvalue weighted by Gasteiger charge is 2.02. The Balaban J connectivity index is 3.10. The molecular weight excluding hydrogens is 128 g/mol. The fourth-order valence-corrected chi connectivity index (χ4v) is 0.269. The van der Waals surface area contributed by atoms with E-state index in [4.69, 9.17) is 0 Å². The number of hydrogen-bond donors (Lipinski definition) is 0. The molecular formula is C3H5N2O4. The summed E-state index contributed by atoms with van der Waals surface area (Å²) in [5, 5.41) is 19.1. The molecule has 0 aromatic heterocycles. The van der Waals surface area contributed by atoms with Crippen LogP contribution in [0.3, 0.4) is 0 Å². The van der Waals surface area contributed by atoms with Crippen LogP contribution in [0.15, 0.2) is 0 Å². The summed E-state index contributed by atoms with van der Waals surface area (Å²) in [6, 6.07) is 0. The number of nitrogens with zero attached hydrogens (tertiary/aromatic N) is 2. The molecule has 0 atom stereocenters. The quantitative estimate of drug-likeness (QED) is 0.390. The highest BCUT2D eigenvalue weighted by atomic mass is 16.6. The van der Waals surface area contributed by atoms with Gasteiger partial charge in [0, 0.05) is 9.85 Å². The van der Waals surface area contributed by atoms with Crippen LogP contribution in [0.25, 0.3) is 0 Å². The van der Waals surface area contributed by atoms with Crippen LogP contribution in [0, 0.1) is 26.6 Å². The largest absolute Gasteiger partial charge is 0.265 e. The lowest BCUT2D eigenvalue weighted by Gasteiger charge is -1.86. The summed E-state index contributed by atoms with van der Waals surface area (Å²) in [6.07, 6.45) is 1.00. The molecule has 9 heavy (non-hydrogen) atoms. The van der Waals surface area contributed by atoms with Crippen LogP contribution in [-0.4, -0.2) is 22.9 Å². The molecule has 0 bridgehead atoms. The van der Waals surface area contributed by atoms with Crippen molar-refractivity contribution in [2.45, 2.75) is 0 Å². The number of rotatable bonds is 4. The fourth-order valence-electron chi connectivity index (χ4n) is 0.269. The van der Waals surface area contributed by atoms with Gasteiger partial charge < -0.3 is 0 Å². The maximum atomic E-state index is 9.53. The zero-order chi connectivity index (χ0) is 7.28. The molecule has 0 rings (SSSR count). The standard InChI is InChI=1S/C3H5N2O4/c6-4(7)2-1-3-5(8)9/h1H,2-3H2. The molecule has 0 amide bonds. The van der Waals surface area contributed by atoms with Crippen molar-refractivity contribution in [3.8, 4) is 0 Å². The van der Waals surface area contributed by atoms with Gasteiger partial charge in [-0.1, -0.05) is 0 Å². The van der Waals surface area contributed by atoms with Gasteiger partial charge in [0.2, 0.25) is 13.1 Å². The molecule has 0 saturated carbocycles. The Bertz CT molecular complexity index is 109. The average Bonchev–Trinajstić information content (AvgIpc) is 1.63. The predicted molar refractivity (Wildman–Crippen MR) is 28.0 cm³/mol. The lowest BCUT2D eigenvalue weighted by Crippen LogP contribution is -2.09. The van der Waals surface area contributed by atoms with Gasteiger partial charge in [-0.15, -0.1) is 0 Å². The molecule has 0 spiro atoms. The van der Waals surface area contributed by atoms with Crippen LogP contribution in [0.5, 0.6) is 0 Å². The van der Waals surface area contributed by atoms with E-state index in [-0.39, 0.29) is 0 Å². The molecule has 0 aliphatic carbocycles. The van der Waals surface area contributed by atoms with Crippen LogP contribution in [0.2, 0.25) is 0 Å². The molecule has 51 valence electrons. The van der Waals surface area contributed by atoms with Gasteiger partial charge in [0.05, 0.1) is 0 Å². The predicted octanol–water partition coefficient (Wildman–Crippen LogP) is -0.256. The van der Waals surface area contributed by atoms with Gasteiger partial charge in [-0.2, -0.15) is 0 Å². The van der Waals surface area contributed by atoms with Gasteiger partial charge in [0.15, 0.2) is 0 Å². The third-order valence-electron chi connectivity index (χ3n) is 0.556. The minimum atomic E-state index is -0.622. The fraction of sp³-hybridized carbons (Fsp3) is 0.667. The first-order valence-electron chi connectivity index (χ1n) is 2.18. The summed E-state index contributed by atoms with van der Waals surface area (Å²) in [5.74, 6) is 0. The van der Waals surface area contributed by atoms with E-state index in [1.165, 1.54) is 0 Å². The summed E-state index contributed by atoms with van der Waals surface area (Å²) in [4.78, 5) is 17.8. The maximum absolute atomic E-state index is 9.53. The van der Waals surface area contributed by atoms with E-state index in [1.807, 2.05) is 0 Å². The molecule has 0 aliphatic heterocycles. The van der Waals surface area contributed by atoms with Crippen LogP contribution in [0.4, 0.5) is 0 Å². The Morgan fingerprint density at radius 3 is 1.67 bits per heavy atom. The second-order valence-corrected chi connectivity index (χ2v) is 1.32. The van der Waals surface area contributed by atoms with Gasteiger partial charge in [0.1, 0.15) is 6.42 Å². The molecule has 0 N–H and O–H groups in total. The van der Waals surface area contributed by atoms with Crippen LogP contribution in [0.1, 0.15) is 0 Å². The molecule has 0 saturated heterocycles. The van der Waals surface area contributed by atoms with Gasteiger partial charge in [-0.3, -0.25) is 20.2 Å². The van der Waals surface area contributed by atoms with Gasteiger partial charge in [-0.05, 0) is 0 Å². The zero-order valence-corrected chi connectivity index (χ0v) is 4.52. The van der Waals surface area contributed by atoms with Crippen molar-refractivity contribution in [1.82, 2.24) is 0 Å². The van der Waals surface area contributed by atoms with Crippen LogP contribution in [-0.2, 0) is 0 Å². The lowest BCUT2D eigenvalue weighted by molar-refractivity contribution is -0.496. The SMILES string of the molecule is O=[N+]([O-])C[CH]C[N+](=O)[O-]. The van der Waals surface area contributed by atoms with Gasteiger partial charge in [0.25, 0.3) is 0 Å². The smallest absolute Gasteiger partial charge is 0.213 e. The Morgan fingerprint density at radius 1 is 1.11 bits per heavy atom. The molecule has 0 aliphatic rings. The highest BCUT2D eigenvalue weighted by molar-refractivity contribution is 4.58. The topological polar surface area (TPSA) is 86.3 Å². The molecule has 0 unspecified atom stereocenters. The first kappa shape index (κ1) is 7.80. The third-order valence-corrected chi connectivity index (χ3v) is 0.556. The van der Waals surface area contributed by atoms with E-state index >= 15 is 0 Å². The van der Waals surface area contributed by atoms with E-state index in [0.717, 1.165) is 6.42 Å². The van der Waals surface area contributed by atoms with Gasteiger partial charge >= 0.3 is 0 Å². The van der Waals surface area contributed by atoms with E-state index in [2.05, 4.69) is 0 Å². The molecule has 0 aromatic rings. The van der Waals surface area contributed by atoms with E-state index in [9.17, 15) is 20.2 Å². The minimum Gasteiger partial charge on any atom is -0.265 e. The molecule has 6 nitrogen and oxygen atoms in total. The van der Waals surface area contributed by atoms with E-state index < -0.39 is 22.9 Å². The summed E-state index contributed by atoms with van der Waals surface area (Å²) in [5.41, 5.74) is 0. The van der Waals surface area contributed by atoms with Crippen molar-refractivity contribution in [3.05, 3.63) is 26.6 Å². The first-order valence-corrected chi connectivity index (χ1v) is 2.18. The Kier molecular flexibility index (Phi) is 3.26. The van der Waals surface area contributed by atoms with Crippen molar-refractivity contribution in [1.29, 1.82) is 0 Å². The normalized spacial score (nSPS) is 8.89. The van der Waals surface area contributed by atoms with Crippen LogP contribution >= 0.6 is 0 Å². The van der Waals surface area contributed by atoms with Crippen molar-refractivity contribution in [2.24, 2.45) is 0 Å². The van der Waals surface area contributed by atoms with E-state index in [1.54, 1.807) is 0 Å². The molecule has 6 heteroatoms. The summed E-state index contributed by atoms with van der Waals surface area (Å²) < 4.78 is 0. The first-order chi connectivity index (χ1) is 4.13. The second-order valence-electron chi connectivity index (χ2n) is 1.32. The Hall–Kier alpha value is -1.20. The minimum absolute atomic E-state index is 0.443. The third kappa shape index (κ3) is 6.80. The second kappa shape index (κ2) is 3.76. The maximum Gasteiger partial charge on any atom is 0.213 e. The number of hydrogen-bond acceptors (Lipinski definition) is 4. The Morgan fingerprint density at radius 2 is 1.44 bits per heavy atom. The average molecular weight is 133 g/mol. The van der Waals surface area contributed by atoms with E-state index in [0.29, 0.717) is 0 Å². The molecule has 1 radical (unpaired) electrons. The van der Waals surface area contributed by atoms with Crippen molar-refractivity contribution in [2.75, 3.05) is 13.1 Å². The molecule has 0 heterocycles. The molecule has 0 fully saturated rings. The van der Waals surface area contributed by atoms with Crippen LogP contribution < -0.4 is 0 Å². The summed E-state index contributed by atoms with van der Waals surface area (Å²) in [6.45, 7) is -0.887. The van der Waals surface area contributed by atoms with Crippen molar-refractivity contribution < 1.29 is 9.85 Å². The summed E-state index contributed by atoms with van der Waals surface area (Å²) >= 11 is 0. The van der Waals surface area contributed by atoms with Crippen molar-refractivity contribution in [3.63, 3.8) is 0 Å². The summed E-state index contributed by atoms with van der Waals surface area (Å²) in [7, 11) is 0. The lowest BCUT2D eigenvalue weighted by atomic mass is 10.4. The molecule has 0 aromatic carbocycles.